The Morgan fingerprint density at radius 3 is 2.84 bits per heavy atom. The fourth-order valence-electron chi connectivity index (χ4n) is 1.90. The first-order valence-corrected chi connectivity index (χ1v) is 7.14. The van der Waals surface area contributed by atoms with Crippen LogP contribution in [0.2, 0.25) is 5.02 Å². The Morgan fingerprint density at radius 2 is 2.26 bits per heavy atom. The molecule has 0 bridgehead atoms. The Hall–Kier alpha value is -1.10. The highest BCUT2D eigenvalue weighted by Crippen LogP contribution is 2.31. The van der Waals surface area contributed by atoms with E-state index in [1.165, 1.54) is 6.07 Å². The summed E-state index contributed by atoms with van der Waals surface area (Å²) in [4.78, 5) is 1.10. The van der Waals surface area contributed by atoms with Crippen LogP contribution in [0.3, 0.4) is 0 Å². The topological polar surface area (TPSA) is 21.3 Å². The van der Waals surface area contributed by atoms with Crippen molar-refractivity contribution in [3.8, 4) is 5.75 Å². The number of thiophene rings is 1. The molecule has 2 rings (SSSR count). The first kappa shape index (κ1) is 14.3. The van der Waals surface area contributed by atoms with Gasteiger partial charge in [-0.05, 0) is 31.7 Å². The second kappa shape index (κ2) is 6.37. The lowest BCUT2D eigenvalue weighted by atomic mass is 10.0. The van der Waals surface area contributed by atoms with Crippen LogP contribution in [0, 0.1) is 5.82 Å². The molecule has 5 heteroatoms. The maximum atomic E-state index is 13.8. The Labute approximate surface area is 121 Å². The maximum Gasteiger partial charge on any atom is 0.129 e. The van der Waals surface area contributed by atoms with Crippen LogP contribution in [0.25, 0.3) is 0 Å². The summed E-state index contributed by atoms with van der Waals surface area (Å²) in [5, 5.41) is 5.58. The maximum absolute atomic E-state index is 13.8. The summed E-state index contributed by atoms with van der Waals surface area (Å²) >= 11 is 7.65. The van der Waals surface area contributed by atoms with E-state index >= 15 is 0 Å². The van der Waals surface area contributed by atoms with Crippen LogP contribution in [0.1, 0.15) is 16.5 Å². The minimum absolute atomic E-state index is 0.0169. The molecule has 102 valence electrons. The number of halogens is 2. The zero-order valence-corrected chi connectivity index (χ0v) is 12.3. The molecule has 1 N–H and O–H groups in total. The first-order chi connectivity index (χ1) is 9.15. The average Bonchev–Trinajstić information content (AvgIpc) is 2.87. The van der Waals surface area contributed by atoms with Crippen LogP contribution in [0.4, 0.5) is 4.39 Å². The van der Waals surface area contributed by atoms with Crippen molar-refractivity contribution in [3.63, 3.8) is 0 Å². The van der Waals surface area contributed by atoms with Crippen molar-refractivity contribution in [2.24, 2.45) is 0 Å². The summed E-state index contributed by atoms with van der Waals surface area (Å²) in [6.07, 6.45) is 0.506. The number of nitrogens with one attached hydrogen (secondary N) is 1. The number of benzene rings is 1. The molecule has 19 heavy (non-hydrogen) atoms. The van der Waals surface area contributed by atoms with Gasteiger partial charge < -0.3 is 10.1 Å². The molecule has 0 radical (unpaired) electrons. The molecule has 0 saturated heterocycles. The number of ether oxygens (including phenoxy) is 1. The summed E-state index contributed by atoms with van der Waals surface area (Å²) in [5.41, 5.74) is 0.538. The highest BCUT2D eigenvalue weighted by Gasteiger charge is 2.17. The van der Waals surface area contributed by atoms with E-state index in [1.807, 2.05) is 18.5 Å². The zero-order chi connectivity index (χ0) is 13.8. The van der Waals surface area contributed by atoms with E-state index < -0.39 is 0 Å². The molecule has 0 aliphatic rings. The van der Waals surface area contributed by atoms with Crippen molar-refractivity contribution in [1.29, 1.82) is 0 Å². The summed E-state index contributed by atoms with van der Waals surface area (Å²) in [6.45, 7) is 0. The second-order valence-electron chi connectivity index (χ2n) is 4.13. The monoisotopic (exact) mass is 299 g/mol. The number of methoxy groups -OCH3 is 1. The fourth-order valence-corrected chi connectivity index (χ4v) is 3.11. The Kier molecular flexibility index (Phi) is 4.80. The Morgan fingerprint density at radius 1 is 1.47 bits per heavy atom. The average molecular weight is 300 g/mol. The molecule has 0 saturated carbocycles. The third-order valence-corrected chi connectivity index (χ3v) is 4.37. The molecule has 1 aromatic carbocycles. The normalized spacial score (nSPS) is 12.4. The van der Waals surface area contributed by atoms with Gasteiger partial charge in [0.05, 0.1) is 7.11 Å². The number of likely N-dealkylation sites (N-methyl/N-ethyl adjacent to an activating group) is 1. The van der Waals surface area contributed by atoms with Gasteiger partial charge in [-0.25, -0.2) is 4.39 Å². The van der Waals surface area contributed by atoms with E-state index in [9.17, 15) is 4.39 Å². The van der Waals surface area contributed by atoms with Crippen LogP contribution in [0.5, 0.6) is 5.75 Å². The molecular formula is C14H15ClFNOS. The third-order valence-electron chi connectivity index (χ3n) is 2.99. The van der Waals surface area contributed by atoms with Gasteiger partial charge in [0.15, 0.2) is 0 Å². The van der Waals surface area contributed by atoms with Gasteiger partial charge in [-0.1, -0.05) is 17.7 Å². The van der Waals surface area contributed by atoms with Gasteiger partial charge in [0.2, 0.25) is 0 Å². The van der Waals surface area contributed by atoms with Crippen LogP contribution >= 0.6 is 22.9 Å². The molecule has 0 fully saturated rings. The van der Waals surface area contributed by atoms with Gasteiger partial charge in [-0.3, -0.25) is 0 Å². The van der Waals surface area contributed by atoms with Gasteiger partial charge >= 0.3 is 0 Å². The third kappa shape index (κ3) is 3.26. The largest absolute Gasteiger partial charge is 0.496 e. The smallest absolute Gasteiger partial charge is 0.129 e. The Bertz CT molecular complexity index is 538. The summed E-state index contributed by atoms with van der Waals surface area (Å²) in [6, 6.07) is 6.73. The lowest BCUT2D eigenvalue weighted by molar-refractivity contribution is 0.416. The SMILES string of the molecule is CNC(Cc1c(F)cccc1Cl)c1cc(OC)cs1. The predicted octanol–water partition coefficient (Wildman–Crippen LogP) is 4.05. The molecule has 0 amide bonds. The summed E-state index contributed by atoms with van der Waals surface area (Å²) < 4.78 is 19.0. The molecule has 2 aromatic rings. The molecule has 2 nitrogen and oxygen atoms in total. The van der Waals surface area contributed by atoms with Gasteiger partial charge in [0.25, 0.3) is 0 Å². The standard InChI is InChI=1S/C14H15ClFNOS/c1-17-13(14-6-9(18-2)8-19-14)7-10-11(15)4-3-5-12(10)16/h3-6,8,13,17H,7H2,1-2H3. The molecular weight excluding hydrogens is 285 g/mol. The van der Waals surface area contributed by atoms with E-state index in [0.29, 0.717) is 17.0 Å². The van der Waals surface area contributed by atoms with Crippen LogP contribution in [-0.2, 0) is 6.42 Å². The van der Waals surface area contributed by atoms with Crippen LogP contribution < -0.4 is 10.1 Å². The van der Waals surface area contributed by atoms with Crippen molar-refractivity contribution < 1.29 is 9.13 Å². The highest BCUT2D eigenvalue weighted by atomic mass is 35.5. The number of rotatable bonds is 5. The number of hydrogen-bond donors (Lipinski definition) is 1. The van der Waals surface area contributed by atoms with Crippen molar-refractivity contribution in [2.75, 3.05) is 14.2 Å². The molecule has 1 heterocycles. The number of hydrogen-bond acceptors (Lipinski definition) is 3. The van der Waals surface area contributed by atoms with E-state index in [1.54, 1.807) is 30.6 Å². The van der Waals surface area contributed by atoms with Crippen LogP contribution in [0.15, 0.2) is 29.6 Å². The minimum Gasteiger partial charge on any atom is -0.496 e. The van der Waals surface area contributed by atoms with Crippen LogP contribution in [-0.4, -0.2) is 14.2 Å². The summed E-state index contributed by atoms with van der Waals surface area (Å²) in [7, 11) is 3.49. The second-order valence-corrected chi connectivity index (χ2v) is 5.48. The molecule has 1 atom stereocenters. The fraction of sp³-hybridized carbons (Fsp3) is 0.286. The van der Waals surface area contributed by atoms with E-state index in [2.05, 4.69) is 5.32 Å². The molecule has 0 aliphatic heterocycles. The van der Waals surface area contributed by atoms with Gasteiger partial charge in [-0.15, -0.1) is 11.3 Å². The molecule has 1 unspecified atom stereocenters. The van der Waals surface area contributed by atoms with Gasteiger partial charge in [-0.2, -0.15) is 0 Å². The zero-order valence-electron chi connectivity index (χ0n) is 10.7. The minimum atomic E-state index is -0.267. The van der Waals surface area contributed by atoms with E-state index in [4.69, 9.17) is 16.3 Å². The predicted molar refractivity (Wildman–Crippen MR) is 77.8 cm³/mol. The van der Waals surface area contributed by atoms with E-state index in [0.717, 1.165) is 10.6 Å². The van der Waals surface area contributed by atoms with Crippen molar-refractivity contribution in [1.82, 2.24) is 5.32 Å². The van der Waals surface area contributed by atoms with Crippen molar-refractivity contribution >= 4 is 22.9 Å². The quantitative estimate of drug-likeness (QED) is 0.899. The van der Waals surface area contributed by atoms with Crippen molar-refractivity contribution in [3.05, 3.63) is 50.9 Å². The molecule has 0 spiro atoms. The highest BCUT2D eigenvalue weighted by molar-refractivity contribution is 7.10. The van der Waals surface area contributed by atoms with Crippen molar-refractivity contribution in [2.45, 2.75) is 12.5 Å². The molecule has 1 aromatic heterocycles. The lowest BCUT2D eigenvalue weighted by Crippen LogP contribution is -2.18. The first-order valence-electron chi connectivity index (χ1n) is 5.88. The van der Waals surface area contributed by atoms with Gasteiger partial charge in [0, 0.05) is 26.9 Å². The van der Waals surface area contributed by atoms with E-state index in [-0.39, 0.29) is 11.9 Å². The van der Waals surface area contributed by atoms with Gasteiger partial charge in [0.1, 0.15) is 11.6 Å². The molecule has 0 aliphatic carbocycles. The lowest BCUT2D eigenvalue weighted by Gasteiger charge is -2.16. The summed E-state index contributed by atoms with van der Waals surface area (Å²) in [5.74, 6) is 0.552. The Balaban J connectivity index is 2.24.